The van der Waals surface area contributed by atoms with E-state index >= 15 is 0 Å². The largest absolute Gasteiger partial charge is 0.497 e. The van der Waals surface area contributed by atoms with Gasteiger partial charge in [0.1, 0.15) is 5.75 Å². The fourth-order valence-corrected chi connectivity index (χ4v) is 2.94. The number of methoxy groups -OCH3 is 1. The van der Waals surface area contributed by atoms with Crippen LogP contribution in [0.2, 0.25) is 0 Å². The molecule has 1 fully saturated rings. The summed E-state index contributed by atoms with van der Waals surface area (Å²) < 4.78 is 5.14. The van der Waals surface area contributed by atoms with E-state index in [1.165, 1.54) is 18.7 Å². The van der Waals surface area contributed by atoms with Gasteiger partial charge in [0.15, 0.2) is 5.12 Å². The zero-order valence-corrected chi connectivity index (χ0v) is 11.2. The fraction of sp³-hybridized carbons (Fsp3) is 0.385. The van der Waals surface area contributed by atoms with E-state index in [0.717, 1.165) is 11.4 Å². The second-order valence-electron chi connectivity index (χ2n) is 4.14. The zero-order chi connectivity index (χ0) is 13.1. The van der Waals surface area contributed by atoms with E-state index < -0.39 is 0 Å². The lowest BCUT2D eigenvalue weighted by Crippen LogP contribution is -2.24. The molecule has 0 aromatic heterocycles. The summed E-state index contributed by atoms with van der Waals surface area (Å²) in [5.41, 5.74) is 0.825. The number of anilines is 1. The van der Waals surface area contributed by atoms with Crippen LogP contribution in [0.3, 0.4) is 0 Å². The van der Waals surface area contributed by atoms with Gasteiger partial charge in [-0.2, -0.15) is 0 Å². The molecule has 1 aromatic carbocycles. The Balaban J connectivity index is 2.13. The van der Waals surface area contributed by atoms with Gasteiger partial charge < -0.3 is 9.64 Å². The average molecular weight is 265 g/mol. The van der Waals surface area contributed by atoms with E-state index in [1.54, 1.807) is 12.0 Å². The van der Waals surface area contributed by atoms with E-state index in [0.29, 0.717) is 13.0 Å². The molecule has 1 saturated heterocycles. The van der Waals surface area contributed by atoms with Crippen molar-refractivity contribution in [3.8, 4) is 5.75 Å². The molecule has 1 aliphatic rings. The van der Waals surface area contributed by atoms with Gasteiger partial charge in [-0.3, -0.25) is 9.59 Å². The number of carbonyl (C=O) groups is 2. The first-order chi connectivity index (χ1) is 8.60. The van der Waals surface area contributed by atoms with Crippen molar-refractivity contribution in [1.29, 1.82) is 0 Å². The summed E-state index contributed by atoms with van der Waals surface area (Å²) in [6, 6.07) is 7.40. The van der Waals surface area contributed by atoms with Crippen LogP contribution in [0.5, 0.6) is 5.75 Å². The highest BCUT2D eigenvalue weighted by atomic mass is 32.2. The van der Waals surface area contributed by atoms with E-state index in [9.17, 15) is 9.59 Å². The number of ether oxygens (including phenoxy) is 1. The lowest BCUT2D eigenvalue weighted by Gasteiger charge is -2.17. The van der Waals surface area contributed by atoms with E-state index in [1.807, 2.05) is 24.3 Å². The van der Waals surface area contributed by atoms with Gasteiger partial charge in [0, 0.05) is 36.9 Å². The third kappa shape index (κ3) is 2.85. The molecule has 0 N–H and O–H groups in total. The molecule has 1 aromatic rings. The summed E-state index contributed by atoms with van der Waals surface area (Å²) in [5, 5.41) is 0.112. The van der Waals surface area contributed by atoms with E-state index in [4.69, 9.17) is 4.74 Å². The first-order valence-electron chi connectivity index (χ1n) is 5.72. The summed E-state index contributed by atoms with van der Waals surface area (Å²) in [6.45, 7) is 2.11. The number of carbonyl (C=O) groups excluding carboxylic acids is 2. The number of rotatable bonds is 3. The Morgan fingerprint density at radius 2 is 2.28 bits per heavy atom. The summed E-state index contributed by atoms with van der Waals surface area (Å²) in [6.07, 6.45) is 0.418. The molecule has 1 heterocycles. The molecule has 0 spiro atoms. The molecule has 0 bridgehead atoms. The summed E-state index contributed by atoms with van der Waals surface area (Å²) in [7, 11) is 1.60. The van der Waals surface area contributed by atoms with Gasteiger partial charge in [0.05, 0.1) is 7.11 Å². The van der Waals surface area contributed by atoms with Gasteiger partial charge in [0.2, 0.25) is 5.91 Å². The monoisotopic (exact) mass is 265 g/mol. The topological polar surface area (TPSA) is 46.6 Å². The van der Waals surface area contributed by atoms with Crippen LogP contribution in [0.25, 0.3) is 0 Å². The van der Waals surface area contributed by atoms with Crippen molar-refractivity contribution in [2.75, 3.05) is 18.6 Å². The molecule has 96 valence electrons. The van der Waals surface area contributed by atoms with Crippen LogP contribution in [0.15, 0.2) is 24.3 Å². The standard InChI is InChI=1S/C13H15NO3S/c1-9(15)18-12-7-13(16)14(8-12)10-4-3-5-11(6-10)17-2/h3-6,12H,7-8H2,1-2H3. The Kier molecular flexibility index (Phi) is 3.91. The Labute approximate surface area is 110 Å². The van der Waals surface area contributed by atoms with Gasteiger partial charge >= 0.3 is 0 Å². The average Bonchev–Trinajstić information content (AvgIpc) is 2.69. The molecule has 0 saturated carbocycles. The van der Waals surface area contributed by atoms with Crippen molar-refractivity contribution >= 4 is 28.5 Å². The van der Waals surface area contributed by atoms with Gasteiger partial charge in [-0.15, -0.1) is 0 Å². The van der Waals surface area contributed by atoms with E-state index in [-0.39, 0.29) is 16.3 Å². The van der Waals surface area contributed by atoms with Gasteiger partial charge in [-0.05, 0) is 12.1 Å². The van der Waals surface area contributed by atoms with Crippen molar-refractivity contribution in [3.05, 3.63) is 24.3 Å². The van der Waals surface area contributed by atoms with Crippen LogP contribution < -0.4 is 9.64 Å². The molecule has 1 amide bonds. The molecule has 1 unspecified atom stereocenters. The SMILES string of the molecule is COc1cccc(N2CC(SC(C)=O)CC2=O)c1. The minimum absolute atomic E-state index is 0.0558. The second-order valence-corrected chi connectivity index (χ2v) is 5.62. The predicted octanol–water partition coefficient (Wildman–Crippen LogP) is 2.08. The van der Waals surface area contributed by atoms with Crippen molar-refractivity contribution in [2.24, 2.45) is 0 Å². The molecule has 0 aliphatic carbocycles. The van der Waals surface area contributed by atoms with Gasteiger partial charge in [0.25, 0.3) is 0 Å². The highest BCUT2D eigenvalue weighted by Gasteiger charge is 2.31. The quantitative estimate of drug-likeness (QED) is 0.839. The number of thioether (sulfide) groups is 1. The van der Waals surface area contributed by atoms with Crippen LogP contribution in [-0.4, -0.2) is 29.9 Å². The third-order valence-electron chi connectivity index (χ3n) is 2.79. The Bertz CT molecular complexity index is 475. The number of hydrogen-bond donors (Lipinski definition) is 0. The lowest BCUT2D eigenvalue weighted by molar-refractivity contribution is -0.117. The molecular formula is C13H15NO3S. The molecule has 0 radical (unpaired) electrons. The van der Waals surface area contributed by atoms with Crippen molar-refractivity contribution in [3.63, 3.8) is 0 Å². The Morgan fingerprint density at radius 1 is 1.50 bits per heavy atom. The first-order valence-corrected chi connectivity index (χ1v) is 6.59. The molecule has 1 aliphatic heterocycles. The van der Waals surface area contributed by atoms with Crippen LogP contribution in [0, 0.1) is 0 Å². The molecule has 4 nitrogen and oxygen atoms in total. The predicted molar refractivity (Wildman–Crippen MR) is 72.0 cm³/mol. The van der Waals surface area contributed by atoms with Crippen LogP contribution in [0.1, 0.15) is 13.3 Å². The van der Waals surface area contributed by atoms with Crippen LogP contribution in [0.4, 0.5) is 5.69 Å². The van der Waals surface area contributed by atoms with Crippen LogP contribution >= 0.6 is 11.8 Å². The lowest BCUT2D eigenvalue weighted by atomic mass is 10.3. The number of hydrogen-bond acceptors (Lipinski definition) is 4. The van der Waals surface area contributed by atoms with Gasteiger partial charge in [-0.25, -0.2) is 0 Å². The van der Waals surface area contributed by atoms with E-state index in [2.05, 4.69) is 0 Å². The molecular weight excluding hydrogens is 250 g/mol. The van der Waals surface area contributed by atoms with Gasteiger partial charge in [-0.1, -0.05) is 17.8 Å². The number of benzene rings is 1. The first kappa shape index (κ1) is 13.0. The van der Waals surface area contributed by atoms with Crippen molar-refractivity contribution < 1.29 is 14.3 Å². The van der Waals surface area contributed by atoms with Crippen molar-refractivity contribution in [1.82, 2.24) is 0 Å². The highest BCUT2D eigenvalue weighted by Crippen LogP contribution is 2.30. The fourth-order valence-electron chi connectivity index (χ4n) is 2.02. The molecule has 1 atom stereocenters. The maximum atomic E-state index is 11.9. The summed E-state index contributed by atoms with van der Waals surface area (Å²) in [5.74, 6) is 0.782. The molecule has 2 rings (SSSR count). The second kappa shape index (κ2) is 5.44. The zero-order valence-electron chi connectivity index (χ0n) is 10.4. The Hall–Kier alpha value is -1.49. The Morgan fingerprint density at radius 3 is 2.94 bits per heavy atom. The molecule has 5 heteroatoms. The highest BCUT2D eigenvalue weighted by molar-refractivity contribution is 8.14. The smallest absolute Gasteiger partial charge is 0.228 e. The number of amides is 1. The minimum atomic E-state index is 0.0558. The summed E-state index contributed by atoms with van der Waals surface area (Å²) in [4.78, 5) is 24.7. The third-order valence-corrected chi connectivity index (χ3v) is 3.77. The van der Waals surface area contributed by atoms with Crippen molar-refractivity contribution in [2.45, 2.75) is 18.6 Å². The maximum Gasteiger partial charge on any atom is 0.228 e. The van der Waals surface area contributed by atoms with Crippen LogP contribution in [-0.2, 0) is 9.59 Å². The normalized spacial score (nSPS) is 19.1. The molecule has 18 heavy (non-hydrogen) atoms. The summed E-state index contributed by atoms with van der Waals surface area (Å²) >= 11 is 1.24. The number of nitrogens with zero attached hydrogens (tertiary/aromatic N) is 1. The minimum Gasteiger partial charge on any atom is -0.497 e. The maximum absolute atomic E-state index is 11.9.